The average molecular weight is 354 g/mol. The third-order valence-electron chi connectivity index (χ3n) is 4.29. The molecule has 1 fully saturated rings. The number of carbonyl (C=O) groups is 1. The third-order valence-corrected chi connectivity index (χ3v) is 5.75. The maximum Gasteiger partial charge on any atom is 0.240 e. The first-order chi connectivity index (χ1) is 11.4. The Kier molecular flexibility index (Phi) is 6.62. The van der Waals surface area contributed by atoms with Crippen LogP contribution in [-0.2, 0) is 14.8 Å². The molecule has 1 saturated carbocycles. The Hall–Kier alpha value is -1.60. The first-order valence-electron chi connectivity index (χ1n) is 8.36. The molecular weight excluding hydrogens is 328 g/mol. The van der Waals surface area contributed by atoms with Gasteiger partial charge in [-0.15, -0.1) is 0 Å². The molecule has 24 heavy (non-hydrogen) atoms. The molecule has 6 nitrogen and oxygen atoms in total. The van der Waals surface area contributed by atoms with E-state index in [0.29, 0.717) is 5.75 Å². The summed E-state index contributed by atoms with van der Waals surface area (Å²) >= 11 is 0. The zero-order chi connectivity index (χ0) is 17.6. The van der Waals surface area contributed by atoms with Gasteiger partial charge in [-0.25, -0.2) is 13.1 Å². The Labute approximate surface area is 144 Å². The largest absolute Gasteiger partial charge is 0.496 e. The lowest BCUT2D eigenvalue weighted by Gasteiger charge is -2.22. The first kappa shape index (κ1) is 18.7. The molecule has 0 saturated heterocycles. The van der Waals surface area contributed by atoms with E-state index >= 15 is 0 Å². The molecule has 1 amide bonds. The minimum Gasteiger partial charge on any atom is -0.496 e. The van der Waals surface area contributed by atoms with Crippen LogP contribution in [0.2, 0.25) is 0 Å². The Morgan fingerprint density at radius 1 is 1.25 bits per heavy atom. The normalized spacial score (nSPS) is 15.9. The predicted octanol–water partition coefficient (Wildman–Crippen LogP) is 2.12. The zero-order valence-electron chi connectivity index (χ0n) is 14.3. The zero-order valence-corrected chi connectivity index (χ0v) is 15.1. The molecular formula is C17H26N2O4S. The fourth-order valence-corrected chi connectivity index (χ4v) is 4.06. The number of ether oxygens (including phenoxy) is 1. The SMILES string of the molecule is COc1ccc(S(=O)(=O)NCCC(=O)NC2CCCCC2)cc1C. The third kappa shape index (κ3) is 5.21. The highest BCUT2D eigenvalue weighted by atomic mass is 32.2. The van der Waals surface area contributed by atoms with Crippen LogP contribution in [0, 0.1) is 6.92 Å². The number of hydrogen-bond donors (Lipinski definition) is 2. The molecule has 7 heteroatoms. The summed E-state index contributed by atoms with van der Waals surface area (Å²) in [5.74, 6) is 0.538. The standard InChI is InChI=1S/C17H26N2O4S/c1-13-12-15(8-9-16(13)23-2)24(21,22)18-11-10-17(20)19-14-6-4-3-5-7-14/h8-9,12,14,18H,3-7,10-11H2,1-2H3,(H,19,20). The molecule has 1 aliphatic carbocycles. The molecule has 1 aromatic carbocycles. The number of hydrogen-bond acceptors (Lipinski definition) is 4. The van der Waals surface area contributed by atoms with Crippen LogP contribution in [0.3, 0.4) is 0 Å². The van der Waals surface area contributed by atoms with Crippen LogP contribution >= 0.6 is 0 Å². The van der Waals surface area contributed by atoms with Gasteiger partial charge in [0.1, 0.15) is 5.75 Å². The van der Waals surface area contributed by atoms with Gasteiger partial charge in [-0.05, 0) is 43.5 Å². The topological polar surface area (TPSA) is 84.5 Å². The van der Waals surface area contributed by atoms with Gasteiger partial charge in [0, 0.05) is 19.0 Å². The van der Waals surface area contributed by atoms with E-state index in [4.69, 9.17) is 4.74 Å². The van der Waals surface area contributed by atoms with E-state index in [1.807, 2.05) is 0 Å². The fourth-order valence-electron chi connectivity index (χ4n) is 2.95. The molecule has 0 bridgehead atoms. The molecule has 1 aliphatic rings. The summed E-state index contributed by atoms with van der Waals surface area (Å²) < 4.78 is 32.2. The smallest absolute Gasteiger partial charge is 0.240 e. The van der Waals surface area contributed by atoms with Crippen molar-refractivity contribution in [2.24, 2.45) is 0 Å². The fraction of sp³-hybridized carbons (Fsp3) is 0.588. The number of sulfonamides is 1. The second-order valence-electron chi connectivity index (χ2n) is 6.18. The van der Waals surface area contributed by atoms with Crippen LogP contribution in [0.15, 0.2) is 23.1 Å². The van der Waals surface area contributed by atoms with Gasteiger partial charge < -0.3 is 10.1 Å². The van der Waals surface area contributed by atoms with Crippen molar-refractivity contribution in [2.45, 2.75) is 56.4 Å². The van der Waals surface area contributed by atoms with Crippen molar-refractivity contribution in [2.75, 3.05) is 13.7 Å². The van der Waals surface area contributed by atoms with E-state index in [2.05, 4.69) is 10.0 Å². The highest BCUT2D eigenvalue weighted by molar-refractivity contribution is 7.89. The minimum absolute atomic E-state index is 0.0892. The maximum absolute atomic E-state index is 12.3. The second kappa shape index (κ2) is 8.48. The van der Waals surface area contributed by atoms with E-state index in [-0.39, 0.29) is 29.8 Å². The van der Waals surface area contributed by atoms with Gasteiger partial charge in [0.2, 0.25) is 15.9 Å². The molecule has 134 valence electrons. The quantitative estimate of drug-likeness (QED) is 0.785. The van der Waals surface area contributed by atoms with Crippen molar-refractivity contribution in [1.29, 1.82) is 0 Å². The molecule has 0 atom stereocenters. The monoisotopic (exact) mass is 354 g/mol. The summed E-state index contributed by atoms with van der Waals surface area (Å²) in [6.07, 6.45) is 5.70. The predicted molar refractivity (Wildman–Crippen MR) is 92.6 cm³/mol. The Morgan fingerprint density at radius 2 is 1.96 bits per heavy atom. The van der Waals surface area contributed by atoms with Crippen molar-refractivity contribution in [1.82, 2.24) is 10.0 Å². The van der Waals surface area contributed by atoms with Crippen LogP contribution in [0.4, 0.5) is 0 Å². The van der Waals surface area contributed by atoms with Crippen molar-refractivity contribution in [3.8, 4) is 5.75 Å². The molecule has 2 rings (SSSR count). The number of amides is 1. The van der Waals surface area contributed by atoms with Crippen LogP contribution in [0.25, 0.3) is 0 Å². The lowest BCUT2D eigenvalue weighted by atomic mass is 9.95. The van der Waals surface area contributed by atoms with Crippen LogP contribution in [0.5, 0.6) is 5.75 Å². The maximum atomic E-state index is 12.3. The number of carbonyl (C=O) groups excluding carboxylic acids is 1. The highest BCUT2D eigenvalue weighted by Crippen LogP contribution is 2.21. The summed E-state index contributed by atoms with van der Waals surface area (Å²) in [4.78, 5) is 12.1. The lowest BCUT2D eigenvalue weighted by molar-refractivity contribution is -0.121. The van der Waals surface area contributed by atoms with E-state index in [9.17, 15) is 13.2 Å². The Bertz CT molecular complexity index is 667. The summed E-state index contributed by atoms with van der Waals surface area (Å²) in [5.41, 5.74) is 0.746. The molecule has 0 spiro atoms. The molecule has 0 heterocycles. The Morgan fingerprint density at radius 3 is 2.58 bits per heavy atom. The number of aryl methyl sites for hydroxylation is 1. The van der Waals surface area contributed by atoms with Gasteiger partial charge in [0.05, 0.1) is 12.0 Å². The van der Waals surface area contributed by atoms with Crippen molar-refractivity contribution in [3.63, 3.8) is 0 Å². The van der Waals surface area contributed by atoms with Gasteiger partial charge in [-0.2, -0.15) is 0 Å². The number of benzene rings is 1. The molecule has 0 aromatic heterocycles. The molecule has 0 unspecified atom stereocenters. The summed E-state index contributed by atoms with van der Waals surface area (Å²) in [7, 11) is -2.08. The molecule has 1 aromatic rings. The second-order valence-corrected chi connectivity index (χ2v) is 7.95. The van der Waals surface area contributed by atoms with E-state index in [1.165, 1.54) is 12.5 Å². The van der Waals surface area contributed by atoms with Gasteiger partial charge in [-0.1, -0.05) is 19.3 Å². The summed E-state index contributed by atoms with van der Waals surface area (Å²) in [6.45, 7) is 1.88. The number of nitrogens with one attached hydrogen (secondary N) is 2. The lowest BCUT2D eigenvalue weighted by Crippen LogP contribution is -2.38. The summed E-state index contributed by atoms with van der Waals surface area (Å²) in [5, 5.41) is 2.98. The Balaban J connectivity index is 1.83. The van der Waals surface area contributed by atoms with E-state index in [1.54, 1.807) is 26.2 Å². The first-order valence-corrected chi connectivity index (χ1v) is 9.84. The van der Waals surface area contributed by atoms with Crippen molar-refractivity contribution >= 4 is 15.9 Å². The highest BCUT2D eigenvalue weighted by Gasteiger charge is 2.18. The minimum atomic E-state index is -3.62. The molecule has 0 aliphatic heterocycles. The van der Waals surface area contributed by atoms with Crippen LogP contribution < -0.4 is 14.8 Å². The number of methoxy groups -OCH3 is 1. The van der Waals surface area contributed by atoms with Crippen LogP contribution in [-0.4, -0.2) is 34.0 Å². The van der Waals surface area contributed by atoms with Gasteiger partial charge in [-0.3, -0.25) is 4.79 Å². The van der Waals surface area contributed by atoms with Crippen LogP contribution in [0.1, 0.15) is 44.1 Å². The average Bonchev–Trinajstić information content (AvgIpc) is 2.55. The molecule has 2 N–H and O–H groups in total. The van der Waals surface area contributed by atoms with E-state index < -0.39 is 10.0 Å². The van der Waals surface area contributed by atoms with Crippen molar-refractivity contribution < 1.29 is 17.9 Å². The molecule has 0 radical (unpaired) electrons. The van der Waals surface area contributed by atoms with E-state index in [0.717, 1.165) is 31.2 Å². The number of rotatable bonds is 7. The van der Waals surface area contributed by atoms with Gasteiger partial charge in [0.25, 0.3) is 0 Å². The van der Waals surface area contributed by atoms with Crippen molar-refractivity contribution in [3.05, 3.63) is 23.8 Å². The van der Waals surface area contributed by atoms with Gasteiger partial charge in [0.15, 0.2) is 0 Å². The van der Waals surface area contributed by atoms with Gasteiger partial charge >= 0.3 is 0 Å². The summed E-state index contributed by atoms with van der Waals surface area (Å²) in [6, 6.07) is 4.92.